The van der Waals surface area contributed by atoms with Gasteiger partial charge in [0.05, 0.1) is 19.9 Å². The zero-order valence-electron chi connectivity index (χ0n) is 9.59. The van der Waals surface area contributed by atoms with Gasteiger partial charge in [0.15, 0.2) is 0 Å². The maximum absolute atomic E-state index is 5.38. The quantitative estimate of drug-likeness (QED) is 0.785. The van der Waals surface area contributed by atoms with Gasteiger partial charge in [-0.15, -0.1) is 0 Å². The van der Waals surface area contributed by atoms with Gasteiger partial charge in [0.25, 0.3) is 0 Å². The molecule has 4 nitrogen and oxygen atoms in total. The van der Waals surface area contributed by atoms with Crippen LogP contribution in [0, 0.1) is 6.20 Å². The average molecular weight is 229 g/mol. The van der Waals surface area contributed by atoms with E-state index in [4.69, 9.17) is 9.47 Å². The Kier molecular flexibility index (Phi) is 3.91. The summed E-state index contributed by atoms with van der Waals surface area (Å²) in [5, 5.41) is 0. The van der Waals surface area contributed by atoms with Gasteiger partial charge in [-0.05, 0) is 23.8 Å². The highest BCUT2D eigenvalue weighted by Crippen LogP contribution is 2.11. The van der Waals surface area contributed by atoms with Crippen LogP contribution in [0.2, 0.25) is 0 Å². The van der Waals surface area contributed by atoms with E-state index in [0.717, 1.165) is 12.2 Å². The largest absolute Gasteiger partial charge is 0.497 e. The highest BCUT2D eigenvalue weighted by atomic mass is 16.5. The van der Waals surface area contributed by atoms with Crippen molar-refractivity contribution in [2.45, 2.75) is 6.42 Å². The summed E-state index contributed by atoms with van der Waals surface area (Å²) in [6, 6.07) is 9.89. The van der Waals surface area contributed by atoms with Gasteiger partial charge in [-0.25, -0.2) is 4.98 Å². The third kappa shape index (κ3) is 3.45. The van der Waals surface area contributed by atoms with Crippen LogP contribution < -0.4 is 9.47 Å². The molecular weight excluding hydrogens is 216 g/mol. The van der Waals surface area contributed by atoms with Crippen LogP contribution in [-0.2, 0) is 6.42 Å². The summed E-state index contributed by atoms with van der Waals surface area (Å²) < 4.78 is 10.5. The zero-order valence-corrected chi connectivity index (χ0v) is 9.59. The van der Waals surface area contributed by atoms with Crippen molar-refractivity contribution in [2.24, 2.45) is 0 Å². The molecule has 2 rings (SSSR count). The Bertz CT molecular complexity index is 443. The van der Waals surface area contributed by atoms with Gasteiger partial charge in [-0.3, -0.25) is 0 Å². The molecule has 0 aliphatic rings. The minimum absolute atomic E-state index is 0.362. The number of aromatic nitrogens is 2. The van der Waals surface area contributed by atoms with E-state index in [-0.39, 0.29) is 0 Å². The second-order valence-electron chi connectivity index (χ2n) is 3.41. The van der Waals surface area contributed by atoms with Gasteiger partial charge in [0, 0.05) is 12.6 Å². The van der Waals surface area contributed by atoms with Crippen LogP contribution in [0.1, 0.15) is 5.56 Å². The smallest absolute Gasteiger partial charge is 0.316 e. The first kappa shape index (κ1) is 11.4. The van der Waals surface area contributed by atoms with Crippen molar-refractivity contribution >= 4 is 0 Å². The second-order valence-corrected chi connectivity index (χ2v) is 3.41. The van der Waals surface area contributed by atoms with Crippen molar-refractivity contribution in [3.63, 3.8) is 0 Å². The van der Waals surface area contributed by atoms with Crippen LogP contribution in [0.25, 0.3) is 0 Å². The first-order chi connectivity index (χ1) is 8.38. The molecule has 2 aromatic rings. The van der Waals surface area contributed by atoms with E-state index in [1.165, 1.54) is 5.56 Å². The molecule has 0 saturated heterocycles. The van der Waals surface area contributed by atoms with Crippen LogP contribution in [0.3, 0.4) is 0 Å². The van der Waals surface area contributed by atoms with Crippen LogP contribution >= 0.6 is 0 Å². The van der Waals surface area contributed by atoms with Crippen molar-refractivity contribution < 1.29 is 9.47 Å². The lowest BCUT2D eigenvalue weighted by Crippen LogP contribution is -2.03. The van der Waals surface area contributed by atoms with Crippen molar-refractivity contribution in [2.75, 3.05) is 13.7 Å². The fourth-order valence-electron chi connectivity index (χ4n) is 1.38. The van der Waals surface area contributed by atoms with Gasteiger partial charge in [-0.1, -0.05) is 12.1 Å². The maximum Gasteiger partial charge on any atom is 0.316 e. The molecule has 0 saturated carbocycles. The highest BCUT2D eigenvalue weighted by Gasteiger charge is 1.97. The summed E-state index contributed by atoms with van der Waals surface area (Å²) in [6.45, 7) is 0.546. The molecule has 0 aliphatic carbocycles. The van der Waals surface area contributed by atoms with Gasteiger partial charge in [-0.2, -0.15) is 4.98 Å². The molecule has 0 N–H and O–H groups in total. The number of nitrogens with zero attached hydrogens (tertiary/aromatic N) is 2. The van der Waals surface area contributed by atoms with E-state index in [0.29, 0.717) is 12.6 Å². The normalized spacial score (nSPS) is 9.94. The topological polar surface area (TPSA) is 44.2 Å². The van der Waals surface area contributed by atoms with Gasteiger partial charge in [0.2, 0.25) is 0 Å². The minimum Gasteiger partial charge on any atom is -0.497 e. The first-order valence-corrected chi connectivity index (χ1v) is 5.33. The van der Waals surface area contributed by atoms with E-state index >= 15 is 0 Å². The van der Waals surface area contributed by atoms with Gasteiger partial charge in [0.1, 0.15) is 5.75 Å². The Morgan fingerprint density at radius 2 is 2.06 bits per heavy atom. The van der Waals surface area contributed by atoms with E-state index < -0.39 is 0 Å². The third-order valence-electron chi connectivity index (χ3n) is 2.28. The maximum atomic E-state index is 5.38. The number of ether oxygens (including phenoxy) is 2. The fourth-order valence-corrected chi connectivity index (χ4v) is 1.38. The monoisotopic (exact) mass is 229 g/mol. The molecule has 4 heteroatoms. The Morgan fingerprint density at radius 3 is 2.71 bits per heavy atom. The molecule has 0 atom stereocenters. The highest BCUT2D eigenvalue weighted by molar-refractivity contribution is 5.27. The predicted molar refractivity (Wildman–Crippen MR) is 63.1 cm³/mol. The Morgan fingerprint density at radius 1 is 1.24 bits per heavy atom. The van der Waals surface area contributed by atoms with Crippen molar-refractivity contribution in [1.29, 1.82) is 0 Å². The minimum atomic E-state index is 0.362. The summed E-state index contributed by atoms with van der Waals surface area (Å²) >= 11 is 0. The van der Waals surface area contributed by atoms with Crippen LogP contribution in [0.4, 0.5) is 0 Å². The van der Waals surface area contributed by atoms with Crippen molar-refractivity contribution in [3.05, 3.63) is 48.3 Å². The van der Waals surface area contributed by atoms with Gasteiger partial charge >= 0.3 is 6.01 Å². The Labute approximate surface area is 100 Å². The van der Waals surface area contributed by atoms with Crippen LogP contribution in [-0.4, -0.2) is 23.7 Å². The molecular formula is C13H13N2O2. The molecule has 0 amide bonds. The summed E-state index contributed by atoms with van der Waals surface area (Å²) in [4.78, 5) is 7.81. The molecule has 1 aromatic carbocycles. The van der Waals surface area contributed by atoms with Gasteiger partial charge < -0.3 is 9.47 Å². The van der Waals surface area contributed by atoms with Crippen molar-refractivity contribution in [3.8, 4) is 11.8 Å². The molecule has 0 aliphatic heterocycles. The SMILES string of the molecule is COc1ccc(CCOc2n[c]ccn2)cc1. The lowest BCUT2D eigenvalue weighted by atomic mass is 10.1. The molecule has 1 aromatic heterocycles. The average Bonchev–Trinajstić information content (AvgIpc) is 2.41. The second kappa shape index (κ2) is 5.84. The summed E-state index contributed by atoms with van der Waals surface area (Å²) in [5.74, 6) is 0.857. The van der Waals surface area contributed by atoms with Crippen LogP contribution in [0.15, 0.2) is 36.5 Å². The van der Waals surface area contributed by atoms with Crippen LogP contribution in [0.5, 0.6) is 11.8 Å². The lowest BCUT2D eigenvalue weighted by molar-refractivity contribution is 0.296. The Balaban J connectivity index is 1.82. The van der Waals surface area contributed by atoms with E-state index in [2.05, 4.69) is 16.2 Å². The van der Waals surface area contributed by atoms with E-state index in [1.807, 2.05) is 24.3 Å². The predicted octanol–water partition coefficient (Wildman–Crippen LogP) is 1.91. The molecule has 1 heterocycles. The number of methoxy groups -OCH3 is 1. The zero-order chi connectivity index (χ0) is 11.9. The standard InChI is InChI=1S/C13H13N2O2/c1-16-12-5-3-11(4-6-12)7-10-17-13-14-8-2-9-15-13/h2-6,8H,7,10H2,1H3. The summed E-state index contributed by atoms with van der Waals surface area (Å²) in [6.07, 6.45) is 5.09. The number of hydrogen-bond acceptors (Lipinski definition) is 4. The summed E-state index contributed by atoms with van der Waals surface area (Å²) in [7, 11) is 1.65. The third-order valence-corrected chi connectivity index (χ3v) is 2.28. The molecule has 1 radical (unpaired) electrons. The number of hydrogen-bond donors (Lipinski definition) is 0. The molecule has 0 unspecified atom stereocenters. The van der Waals surface area contributed by atoms with Crippen molar-refractivity contribution in [1.82, 2.24) is 9.97 Å². The molecule has 87 valence electrons. The number of rotatable bonds is 5. The van der Waals surface area contributed by atoms with E-state index in [1.54, 1.807) is 19.4 Å². The van der Waals surface area contributed by atoms with E-state index in [9.17, 15) is 0 Å². The Hall–Kier alpha value is -2.10. The molecule has 17 heavy (non-hydrogen) atoms. The summed E-state index contributed by atoms with van der Waals surface area (Å²) in [5.41, 5.74) is 1.19. The number of benzene rings is 1. The molecule has 0 spiro atoms. The lowest BCUT2D eigenvalue weighted by Gasteiger charge is -2.04. The first-order valence-electron chi connectivity index (χ1n) is 5.33. The molecule has 0 bridgehead atoms. The fraction of sp³-hybridized carbons (Fsp3) is 0.231. The molecule has 0 fully saturated rings.